The van der Waals surface area contributed by atoms with Gasteiger partial charge in [-0.1, -0.05) is 0 Å². The zero-order valence-electron chi connectivity index (χ0n) is 10.2. The van der Waals surface area contributed by atoms with Crippen LogP contribution in [0.3, 0.4) is 0 Å². The lowest BCUT2D eigenvalue weighted by atomic mass is 10.1. The summed E-state index contributed by atoms with van der Waals surface area (Å²) in [6.45, 7) is 4.18. The highest BCUT2D eigenvalue weighted by molar-refractivity contribution is 7.13. The van der Waals surface area contributed by atoms with Crippen molar-refractivity contribution in [3.05, 3.63) is 45.4 Å². The molecule has 0 saturated heterocycles. The molecule has 0 bridgehead atoms. The number of hydrogen-bond acceptors (Lipinski definition) is 3. The van der Waals surface area contributed by atoms with E-state index in [9.17, 15) is 4.79 Å². The molecule has 0 unspecified atom stereocenters. The molecule has 0 fully saturated rings. The standard InChI is InChI=1S/C14H12N2OS/c1-8-5-10(18-9(8)2)6-12-11-3-4-15-7-13(11)16-14(12)17/h3-7H,1-2H3,(H,16,17). The van der Waals surface area contributed by atoms with Crippen LogP contribution in [0.15, 0.2) is 24.5 Å². The van der Waals surface area contributed by atoms with E-state index in [0.717, 1.165) is 16.1 Å². The number of anilines is 1. The number of aryl methyl sites for hydroxylation is 2. The Labute approximate surface area is 109 Å². The van der Waals surface area contributed by atoms with Crippen molar-refractivity contribution in [2.75, 3.05) is 5.32 Å². The smallest absolute Gasteiger partial charge is 0.256 e. The number of aromatic nitrogens is 1. The van der Waals surface area contributed by atoms with E-state index in [4.69, 9.17) is 0 Å². The molecule has 0 spiro atoms. The lowest BCUT2D eigenvalue weighted by molar-refractivity contribution is -0.110. The minimum atomic E-state index is -0.0540. The highest BCUT2D eigenvalue weighted by Crippen LogP contribution is 2.33. The van der Waals surface area contributed by atoms with E-state index in [1.165, 1.54) is 10.4 Å². The molecule has 1 amide bonds. The van der Waals surface area contributed by atoms with Gasteiger partial charge in [-0.05, 0) is 37.6 Å². The maximum atomic E-state index is 11.9. The third-order valence-electron chi connectivity index (χ3n) is 3.08. The fourth-order valence-corrected chi connectivity index (χ4v) is 2.99. The van der Waals surface area contributed by atoms with Gasteiger partial charge in [0.25, 0.3) is 5.91 Å². The first-order chi connectivity index (χ1) is 8.65. The Morgan fingerprint density at radius 3 is 2.94 bits per heavy atom. The average Bonchev–Trinajstić information content (AvgIpc) is 2.82. The van der Waals surface area contributed by atoms with Crippen LogP contribution in [-0.4, -0.2) is 10.9 Å². The molecule has 0 saturated carbocycles. The summed E-state index contributed by atoms with van der Waals surface area (Å²) in [6, 6.07) is 3.98. The van der Waals surface area contributed by atoms with E-state index < -0.39 is 0 Å². The largest absolute Gasteiger partial charge is 0.320 e. The molecule has 4 heteroatoms. The normalized spacial score (nSPS) is 15.9. The molecule has 18 heavy (non-hydrogen) atoms. The Bertz CT molecular complexity index is 651. The molecule has 1 N–H and O–H groups in total. The van der Waals surface area contributed by atoms with Gasteiger partial charge in [-0.2, -0.15) is 0 Å². The van der Waals surface area contributed by atoms with Gasteiger partial charge < -0.3 is 5.32 Å². The number of amides is 1. The van der Waals surface area contributed by atoms with Gasteiger partial charge in [0.05, 0.1) is 17.5 Å². The lowest BCUT2D eigenvalue weighted by Gasteiger charge is -1.95. The number of fused-ring (bicyclic) bond motifs is 1. The molecule has 0 radical (unpaired) electrons. The summed E-state index contributed by atoms with van der Waals surface area (Å²) in [5.74, 6) is -0.0540. The first-order valence-electron chi connectivity index (χ1n) is 5.69. The van der Waals surface area contributed by atoms with Crippen LogP contribution >= 0.6 is 11.3 Å². The van der Waals surface area contributed by atoms with Crippen LogP contribution < -0.4 is 5.32 Å². The average molecular weight is 256 g/mol. The van der Waals surface area contributed by atoms with Crippen LogP contribution in [0, 0.1) is 13.8 Å². The monoisotopic (exact) mass is 256 g/mol. The summed E-state index contributed by atoms with van der Waals surface area (Å²) in [5.41, 5.74) is 3.70. The van der Waals surface area contributed by atoms with Crippen LogP contribution in [0.5, 0.6) is 0 Å². The quantitative estimate of drug-likeness (QED) is 0.796. The summed E-state index contributed by atoms with van der Waals surface area (Å²) in [5, 5.41) is 2.82. The van der Waals surface area contributed by atoms with E-state index in [2.05, 4.69) is 30.2 Å². The van der Waals surface area contributed by atoms with Crippen LogP contribution in [0.1, 0.15) is 20.9 Å². The van der Waals surface area contributed by atoms with Crippen molar-refractivity contribution >= 4 is 34.6 Å². The predicted molar refractivity (Wildman–Crippen MR) is 74.5 cm³/mol. The maximum Gasteiger partial charge on any atom is 0.256 e. The Hall–Kier alpha value is -1.94. The first-order valence-corrected chi connectivity index (χ1v) is 6.51. The van der Waals surface area contributed by atoms with Crippen molar-refractivity contribution < 1.29 is 4.79 Å². The zero-order chi connectivity index (χ0) is 12.7. The molecule has 1 aliphatic heterocycles. The van der Waals surface area contributed by atoms with Gasteiger partial charge in [0.1, 0.15) is 0 Å². The zero-order valence-corrected chi connectivity index (χ0v) is 11.0. The summed E-state index contributed by atoms with van der Waals surface area (Å²) in [7, 11) is 0. The molecule has 2 aromatic heterocycles. The van der Waals surface area contributed by atoms with Gasteiger partial charge in [0.2, 0.25) is 0 Å². The minimum Gasteiger partial charge on any atom is -0.320 e. The third kappa shape index (κ3) is 1.75. The second-order valence-corrected chi connectivity index (χ2v) is 5.61. The highest BCUT2D eigenvalue weighted by Gasteiger charge is 2.23. The van der Waals surface area contributed by atoms with Crippen molar-refractivity contribution in [1.29, 1.82) is 0 Å². The van der Waals surface area contributed by atoms with Gasteiger partial charge in [-0.25, -0.2) is 0 Å². The predicted octanol–water partition coefficient (Wildman–Crippen LogP) is 3.25. The van der Waals surface area contributed by atoms with Crippen LogP contribution in [0.4, 0.5) is 5.69 Å². The molecule has 0 atom stereocenters. The minimum absolute atomic E-state index is 0.0540. The summed E-state index contributed by atoms with van der Waals surface area (Å²) < 4.78 is 0. The fraction of sp³-hybridized carbons (Fsp3) is 0.143. The fourth-order valence-electron chi connectivity index (χ4n) is 2.00. The third-order valence-corrected chi connectivity index (χ3v) is 4.18. The molecule has 0 aromatic carbocycles. The number of nitrogens with one attached hydrogen (secondary N) is 1. The molecular weight excluding hydrogens is 244 g/mol. The Balaban J connectivity index is 2.09. The molecule has 1 aliphatic rings. The van der Waals surface area contributed by atoms with E-state index >= 15 is 0 Å². The molecule has 90 valence electrons. The maximum absolute atomic E-state index is 11.9. The van der Waals surface area contributed by atoms with Crippen LogP contribution in [-0.2, 0) is 4.79 Å². The van der Waals surface area contributed by atoms with E-state index in [1.54, 1.807) is 23.7 Å². The number of carbonyl (C=O) groups is 1. The van der Waals surface area contributed by atoms with Gasteiger partial charge >= 0.3 is 0 Å². The second kappa shape index (κ2) is 4.07. The summed E-state index contributed by atoms with van der Waals surface area (Å²) in [4.78, 5) is 18.3. The molecule has 3 nitrogen and oxygen atoms in total. The number of pyridine rings is 1. The van der Waals surface area contributed by atoms with Crippen molar-refractivity contribution in [2.45, 2.75) is 13.8 Å². The second-order valence-electron chi connectivity index (χ2n) is 4.32. The number of rotatable bonds is 1. The van der Waals surface area contributed by atoms with E-state index in [-0.39, 0.29) is 5.91 Å². The molecular formula is C14H12N2OS. The van der Waals surface area contributed by atoms with Crippen molar-refractivity contribution in [2.24, 2.45) is 0 Å². The van der Waals surface area contributed by atoms with Crippen LogP contribution in [0.25, 0.3) is 11.6 Å². The molecule has 2 aromatic rings. The Kier molecular flexibility index (Phi) is 2.52. The lowest BCUT2D eigenvalue weighted by Crippen LogP contribution is -2.03. The van der Waals surface area contributed by atoms with Gasteiger partial charge in [-0.15, -0.1) is 11.3 Å². The molecule has 3 rings (SSSR count). The van der Waals surface area contributed by atoms with Gasteiger partial charge in [0, 0.05) is 21.5 Å². The van der Waals surface area contributed by atoms with E-state index in [0.29, 0.717) is 5.57 Å². The summed E-state index contributed by atoms with van der Waals surface area (Å²) in [6.07, 6.45) is 5.34. The highest BCUT2D eigenvalue weighted by atomic mass is 32.1. The van der Waals surface area contributed by atoms with E-state index in [1.807, 2.05) is 12.1 Å². The molecule has 3 heterocycles. The Morgan fingerprint density at radius 2 is 2.22 bits per heavy atom. The topological polar surface area (TPSA) is 42.0 Å². The number of hydrogen-bond donors (Lipinski definition) is 1. The number of nitrogens with zero attached hydrogens (tertiary/aromatic N) is 1. The van der Waals surface area contributed by atoms with Gasteiger partial charge in [-0.3, -0.25) is 9.78 Å². The van der Waals surface area contributed by atoms with Crippen molar-refractivity contribution in [1.82, 2.24) is 4.98 Å². The Morgan fingerprint density at radius 1 is 1.39 bits per heavy atom. The van der Waals surface area contributed by atoms with Crippen molar-refractivity contribution in [3.8, 4) is 0 Å². The summed E-state index contributed by atoms with van der Waals surface area (Å²) >= 11 is 1.71. The van der Waals surface area contributed by atoms with Crippen LogP contribution in [0.2, 0.25) is 0 Å². The van der Waals surface area contributed by atoms with Gasteiger partial charge in [0.15, 0.2) is 0 Å². The number of thiophene rings is 1. The number of carbonyl (C=O) groups excluding carboxylic acids is 1. The van der Waals surface area contributed by atoms with Crippen molar-refractivity contribution in [3.63, 3.8) is 0 Å². The first kappa shape index (κ1) is 11.2. The SMILES string of the molecule is Cc1cc(C=C2C(=O)Nc3cnccc32)sc1C. The molecule has 0 aliphatic carbocycles.